The summed E-state index contributed by atoms with van der Waals surface area (Å²) in [7, 11) is 0. The number of likely N-dealkylation sites (tertiary alicyclic amines) is 1. The molecule has 0 spiro atoms. The summed E-state index contributed by atoms with van der Waals surface area (Å²) in [5.74, 6) is 1.84. The van der Waals surface area contributed by atoms with Gasteiger partial charge in [0.1, 0.15) is 5.82 Å². The summed E-state index contributed by atoms with van der Waals surface area (Å²) in [5, 5.41) is 11.8. The normalized spacial score (nSPS) is 15.8. The molecule has 0 saturated carbocycles. The molecule has 1 aliphatic rings. The molecule has 0 aliphatic carbocycles. The molecule has 3 rings (SSSR count). The van der Waals surface area contributed by atoms with Crippen molar-refractivity contribution >= 4 is 17.6 Å². The third-order valence-corrected chi connectivity index (χ3v) is 4.95. The van der Waals surface area contributed by atoms with Gasteiger partial charge in [0, 0.05) is 38.8 Å². The van der Waals surface area contributed by atoms with Crippen molar-refractivity contribution in [1.82, 2.24) is 24.8 Å². The second-order valence-corrected chi connectivity index (χ2v) is 6.90. The number of piperidine rings is 1. The maximum Gasteiger partial charge on any atom is 0.309 e. The lowest BCUT2D eigenvalue weighted by Crippen LogP contribution is -2.46. The second-order valence-electron chi connectivity index (χ2n) is 6.90. The van der Waals surface area contributed by atoms with E-state index in [9.17, 15) is 4.79 Å². The summed E-state index contributed by atoms with van der Waals surface area (Å²) in [4.78, 5) is 18.9. The highest BCUT2D eigenvalue weighted by atomic mass is 16.5. The van der Waals surface area contributed by atoms with Crippen LogP contribution in [0.25, 0.3) is 5.65 Å². The minimum atomic E-state index is -0.0652. The molecular formula is C20H30N6O2. The number of esters is 1. The Morgan fingerprint density at radius 1 is 1.29 bits per heavy atom. The molecule has 0 amide bonds. The number of pyridine rings is 1. The van der Waals surface area contributed by atoms with Crippen LogP contribution in [0.1, 0.15) is 38.9 Å². The highest BCUT2D eigenvalue weighted by Crippen LogP contribution is 2.18. The molecule has 2 aromatic heterocycles. The lowest BCUT2D eigenvalue weighted by Gasteiger charge is -2.33. The van der Waals surface area contributed by atoms with E-state index < -0.39 is 0 Å². The van der Waals surface area contributed by atoms with E-state index in [4.69, 9.17) is 9.73 Å². The summed E-state index contributed by atoms with van der Waals surface area (Å²) in [6.07, 6.45) is 5.36. The Balaban J connectivity index is 1.51. The fourth-order valence-electron chi connectivity index (χ4n) is 3.50. The van der Waals surface area contributed by atoms with Gasteiger partial charge in [-0.1, -0.05) is 6.07 Å². The van der Waals surface area contributed by atoms with Gasteiger partial charge in [0.25, 0.3) is 0 Å². The third kappa shape index (κ3) is 4.99. The van der Waals surface area contributed by atoms with Gasteiger partial charge in [-0.05, 0) is 45.2 Å². The van der Waals surface area contributed by atoms with Gasteiger partial charge in [-0.2, -0.15) is 0 Å². The Hall–Kier alpha value is -2.64. The van der Waals surface area contributed by atoms with Crippen LogP contribution >= 0.6 is 0 Å². The van der Waals surface area contributed by atoms with Crippen LogP contribution in [0.3, 0.4) is 0 Å². The predicted octanol–water partition coefficient (Wildman–Crippen LogP) is 1.90. The maximum absolute atomic E-state index is 11.9. The monoisotopic (exact) mass is 386 g/mol. The van der Waals surface area contributed by atoms with Crippen LogP contribution in [0.5, 0.6) is 0 Å². The molecule has 8 nitrogen and oxygen atoms in total. The lowest BCUT2D eigenvalue weighted by molar-refractivity contribution is -0.149. The average molecular weight is 387 g/mol. The zero-order valence-electron chi connectivity index (χ0n) is 16.8. The van der Waals surface area contributed by atoms with Crippen molar-refractivity contribution < 1.29 is 9.53 Å². The number of rotatable bonds is 7. The molecular weight excluding hydrogens is 356 g/mol. The number of nitrogens with one attached hydrogen (secondary N) is 1. The molecule has 1 saturated heterocycles. The van der Waals surface area contributed by atoms with E-state index in [1.165, 1.54) is 0 Å². The summed E-state index contributed by atoms with van der Waals surface area (Å²) in [6.45, 7) is 7.57. The van der Waals surface area contributed by atoms with Gasteiger partial charge in [0.2, 0.25) is 0 Å². The van der Waals surface area contributed by atoms with Gasteiger partial charge in [0.05, 0.1) is 12.5 Å². The molecule has 3 heterocycles. The quantitative estimate of drug-likeness (QED) is 0.339. The molecule has 0 unspecified atom stereocenters. The van der Waals surface area contributed by atoms with E-state index in [2.05, 4.69) is 27.3 Å². The van der Waals surface area contributed by atoms with Gasteiger partial charge in [-0.15, -0.1) is 10.2 Å². The van der Waals surface area contributed by atoms with Crippen molar-refractivity contribution in [2.75, 3.05) is 32.8 Å². The van der Waals surface area contributed by atoms with Crippen LogP contribution in [0, 0.1) is 5.92 Å². The average Bonchev–Trinajstić information content (AvgIpc) is 3.14. The number of hydrogen-bond acceptors (Lipinski definition) is 5. The van der Waals surface area contributed by atoms with Gasteiger partial charge >= 0.3 is 5.97 Å². The number of aryl methyl sites for hydroxylation is 1. The van der Waals surface area contributed by atoms with Crippen molar-refractivity contribution in [2.24, 2.45) is 10.9 Å². The van der Waals surface area contributed by atoms with Crippen LogP contribution < -0.4 is 5.32 Å². The van der Waals surface area contributed by atoms with Crippen LogP contribution in [0.15, 0.2) is 29.4 Å². The molecule has 1 aliphatic heterocycles. The van der Waals surface area contributed by atoms with Crippen molar-refractivity contribution in [3.05, 3.63) is 30.2 Å². The number of nitrogens with zero attached hydrogens (tertiary/aromatic N) is 5. The van der Waals surface area contributed by atoms with Crippen LogP contribution in [-0.2, 0) is 16.0 Å². The molecule has 8 heteroatoms. The Morgan fingerprint density at radius 2 is 2.11 bits per heavy atom. The summed E-state index contributed by atoms with van der Waals surface area (Å²) < 4.78 is 7.18. The standard InChI is InChI=1S/C20H30N6O2/c1-3-21-20(25-14-10-16(11-15-25)19(27)28-4-2)22-12-7-9-18-24-23-17-8-5-6-13-26(17)18/h5-6,8,13,16H,3-4,7,9-12,14-15H2,1-2H3,(H,21,22). The molecule has 0 atom stereocenters. The minimum Gasteiger partial charge on any atom is -0.466 e. The number of aliphatic imine (C=N–C) groups is 1. The molecule has 28 heavy (non-hydrogen) atoms. The number of carbonyl (C=O) groups excluding carboxylic acids is 1. The number of guanidine groups is 1. The summed E-state index contributed by atoms with van der Waals surface area (Å²) in [6, 6.07) is 5.91. The number of aromatic nitrogens is 3. The molecule has 2 aromatic rings. The fraction of sp³-hybridized carbons (Fsp3) is 0.600. The summed E-state index contributed by atoms with van der Waals surface area (Å²) >= 11 is 0. The molecule has 1 N–H and O–H groups in total. The van der Waals surface area contributed by atoms with E-state index in [1.54, 1.807) is 0 Å². The zero-order chi connectivity index (χ0) is 19.8. The van der Waals surface area contributed by atoms with E-state index in [0.717, 1.165) is 69.3 Å². The van der Waals surface area contributed by atoms with Gasteiger partial charge in [-0.3, -0.25) is 14.2 Å². The first-order valence-corrected chi connectivity index (χ1v) is 10.2. The first-order chi connectivity index (χ1) is 13.7. The molecule has 1 fully saturated rings. The topological polar surface area (TPSA) is 84.1 Å². The second kappa shape index (κ2) is 10.1. The van der Waals surface area contributed by atoms with Crippen LogP contribution in [-0.4, -0.2) is 64.2 Å². The Bertz CT molecular complexity index is 795. The van der Waals surface area contributed by atoms with Gasteiger partial charge in [0.15, 0.2) is 11.6 Å². The molecule has 0 radical (unpaired) electrons. The van der Waals surface area contributed by atoms with Crippen molar-refractivity contribution in [3.8, 4) is 0 Å². The number of fused-ring (bicyclic) bond motifs is 1. The Labute approximate surface area is 166 Å². The highest BCUT2D eigenvalue weighted by molar-refractivity contribution is 5.80. The predicted molar refractivity (Wildman–Crippen MR) is 108 cm³/mol. The Kier molecular flexibility index (Phi) is 7.22. The number of hydrogen-bond donors (Lipinski definition) is 1. The first kappa shape index (κ1) is 20.1. The van der Waals surface area contributed by atoms with Gasteiger partial charge < -0.3 is 15.0 Å². The minimum absolute atomic E-state index is 0.0142. The van der Waals surface area contributed by atoms with E-state index in [-0.39, 0.29) is 11.9 Å². The zero-order valence-corrected chi connectivity index (χ0v) is 16.8. The maximum atomic E-state index is 11.9. The van der Waals surface area contributed by atoms with Crippen LogP contribution in [0.2, 0.25) is 0 Å². The highest BCUT2D eigenvalue weighted by Gasteiger charge is 2.27. The number of carbonyl (C=O) groups is 1. The third-order valence-electron chi connectivity index (χ3n) is 4.95. The van der Waals surface area contributed by atoms with E-state index in [1.807, 2.05) is 35.7 Å². The summed E-state index contributed by atoms with van der Waals surface area (Å²) in [5.41, 5.74) is 0.874. The van der Waals surface area contributed by atoms with E-state index in [0.29, 0.717) is 6.61 Å². The van der Waals surface area contributed by atoms with Crippen molar-refractivity contribution in [1.29, 1.82) is 0 Å². The molecule has 152 valence electrons. The van der Waals surface area contributed by atoms with Crippen molar-refractivity contribution in [2.45, 2.75) is 39.5 Å². The van der Waals surface area contributed by atoms with Crippen molar-refractivity contribution in [3.63, 3.8) is 0 Å². The lowest BCUT2D eigenvalue weighted by atomic mass is 9.97. The fourth-order valence-corrected chi connectivity index (χ4v) is 3.50. The SMILES string of the molecule is CCNC(=NCCCc1nnc2ccccn12)N1CCC(C(=O)OCC)CC1. The van der Waals surface area contributed by atoms with Gasteiger partial charge in [-0.25, -0.2) is 0 Å². The smallest absolute Gasteiger partial charge is 0.309 e. The molecule has 0 aromatic carbocycles. The van der Waals surface area contributed by atoms with Crippen LogP contribution in [0.4, 0.5) is 0 Å². The van der Waals surface area contributed by atoms with E-state index >= 15 is 0 Å². The largest absolute Gasteiger partial charge is 0.466 e. The first-order valence-electron chi connectivity index (χ1n) is 10.2. The Morgan fingerprint density at radius 3 is 2.86 bits per heavy atom. The molecule has 0 bridgehead atoms. The number of ether oxygens (including phenoxy) is 1.